The van der Waals surface area contributed by atoms with Gasteiger partial charge in [0.05, 0.1) is 6.61 Å². The van der Waals surface area contributed by atoms with Gasteiger partial charge >= 0.3 is 0 Å². The Hall–Kier alpha value is -1.49. The lowest BCUT2D eigenvalue weighted by Gasteiger charge is -2.07. The minimum Gasteiger partial charge on any atom is -0.392 e. The summed E-state index contributed by atoms with van der Waals surface area (Å²) < 4.78 is 0. The number of thioether (sulfide) groups is 1. The Bertz CT molecular complexity index is 631. The van der Waals surface area contributed by atoms with Gasteiger partial charge in [-0.3, -0.25) is 4.79 Å². The molecule has 122 valence electrons. The SMILES string of the molecule is O=C(CCSCc1ccc(CO)cc1)NCc1ccccc1Cl. The number of nitrogens with one attached hydrogen (secondary N) is 1. The lowest BCUT2D eigenvalue weighted by atomic mass is 10.2. The van der Waals surface area contributed by atoms with Gasteiger partial charge in [0.15, 0.2) is 0 Å². The minimum absolute atomic E-state index is 0.0352. The average molecular weight is 350 g/mol. The van der Waals surface area contributed by atoms with Crippen LogP contribution in [0.2, 0.25) is 5.02 Å². The summed E-state index contributed by atoms with van der Waals surface area (Å²) in [5.41, 5.74) is 3.04. The summed E-state index contributed by atoms with van der Waals surface area (Å²) in [6.45, 7) is 0.533. The molecule has 0 spiro atoms. The summed E-state index contributed by atoms with van der Waals surface area (Å²) in [5, 5.41) is 12.6. The molecule has 2 N–H and O–H groups in total. The summed E-state index contributed by atoms with van der Waals surface area (Å²) in [6, 6.07) is 15.4. The second kappa shape index (κ2) is 9.60. The molecule has 0 aromatic heterocycles. The second-order valence-corrected chi connectivity index (χ2v) is 6.66. The quantitative estimate of drug-likeness (QED) is 0.713. The van der Waals surface area contributed by atoms with E-state index in [4.69, 9.17) is 16.7 Å². The van der Waals surface area contributed by atoms with Crippen LogP contribution in [0.1, 0.15) is 23.1 Å². The van der Waals surface area contributed by atoms with Gasteiger partial charge < -0.3 is 10.4 Å². The fraction of sp³-hybridized carbons (Fsp3) is 0.278. The van der Waals surface area contributed by atoms with Crippen molar-refractivity contribution in [3.8, 4) is 0 Å². The number of aliphatic hydroxyl groups is 1. The fourth-order valence-corrected chi connectivity index (χ4v) is 3.12. The number of carbonyl (C=O) groups is 1. The number of amides is 1. The maximum Gasteiger partial charge on any atom is 0.221 e. The maximum atomic E-state index is 11.8. The van der Waals surface area contributed by atoms with E-state index < -0.39 is 0 Å². The lowest BCUT2D eigenvalue weighted by molar-refractivity contribution is -0.120. The third-order valence-corrected chi connectivity index (χ3v) is 4.78. The number of rotatable bonds is 8. The summed E-state index contributed by atoms with van der Waals surface area (Å²) in [6.07, 6.45) is 0.490. The van der Waals surface area contributed by atoms with E-state index in [2.05, 4.69) is 5.32 Å². The van der Waals surface area contributed by atoms with E-state index in [0.717, 1.165) is 22.6 Å². The van der Waals surface area contributed by atoms with E-state index in [1.165, 1.54) is 5.56 Å². The van der Waals surface area contributed by atoms with Gasteiger partial charge in [-0.25, -0.2) is 0 Å². The van der Waals surface area contributed by atoms with Crippen LogP contribution in [-0.4, -0.2) is 16.8 Å². The van der Waals surface area contributed by atoms with Crippen LogP contribution < -0.4 is 5.32 Å². The Morgan fingerprint density at radius 2 is 1.78 bits per heavy atom. The molecule has 0 aliphatic rings. The van der Waals surface area contributed by atoms with Crippen LogP contribution in [0.15, 0.2) is 48.5 Å². The van der Waals surface area contributed by atoms with Crippen molar-refractivity contribution in [1.29, 1.82) is 0 Å². The van der Waals surface area contributed by atoms with Crippen LogP contribution in [0.25, 0.3) is 0 Å². The number of carbonyl (C=O) groups excluding carboxylic acids is 1. The van der Waals surface area contributed by atoms with Gasteiger partial charge in [0, 0.05) is 29.5 Å². The van der Waals surface area contributed by atoms with Gasteiger partial charge in [0.1, 0.15) is 0 Å². The van der Waals surface area contributed by atoms with E-state index in [9.17, 15) is 4.79 Å². The van der Waals surface area contributed by atoms with Crippen LogP contribution >= 0.6 is 23.4 Å². The highest BCUT2D eigenvalue weighted by molar-refractivity contribution is 7.98. The molecule has 0 fully saturated rings. The Morgan fingerprint density at radius 1 is 1.09 bits per heavy atom. The molecule has 0 heterocycles. The summed E-state index contributed by atoms with van der Waals surface area (Å²) in [5.74, 6) is 1.67. The van der Waals surface area contributed by atoms with Gasteiger partial charge in [-0.1, -0.05) is 54.1 Å². The largest absolute Gasteiger partial charge is 0.392 e. The Balaban J connectivity index is 1.63. The highest BCUT2D eigenvalue weighted by Gasteiger charge is 2.04. The minimum atomic E-state index is 0.0352. The van der Waals surface area contributed by atoms with Crippen molar-refractivity contribution in [2.75, 3.05) is 5.75 Å². The van der Waals surface area contributed by atoms with E-state index in [1.807, 2.05) is 48.5 Å². The van der Waals surface area contributed by atoms with Crippen molar-refractivity contribution in [3.05, 3.63) is 70.2 Å². The number of hydrogen-bond acceptors (Lipinski definition) is 3. The third kappa shape index (κ3) is 6.26. The van der Waals surface area contributed by atoms with Gasteiger partial charge in [0.25, 0.3) is 0 Å². The summed E-state index contributed by atoms with van der Waals surface area (Å²) in [7, 11) is 0. The first-order valence-electron chi connectivity index (χ1n) is 7.45. The van der Waals surface area contributed by atoms with Crippen LogP contribution in [0.5, 0.6) is 0 Å². The number of benzene rings is 2. The lowest BCUT2D eigenvalue weighted by Crippen LogP contribution is -2.23. The van der Waals surface area contributed by atoms with E-state index >= 15 is 0 Å². The first-order chi connectivity index (χ1) is 11.2. The average Bonchev–Trinajstić information content (AvgIpc) is 2.58. The predicted octanol–water partition coefficient (Wildman–Crippen LogP) is 3.77. The number of hydrogen-bond donors (Lipinski definition) is 2. The molecule has 5 heteroatoms. The Labute approximate surface area is 146 Å². The monoisotopic (exact) mass is 349 g/mol. The van der Waals surface area contributed by atoms with Crippen LogP contribution in [0.4, 0.5) is 0 Å². The van der Waals surface area contributed by atoms with Crippen molar-refractivity contribution in [3.63, 3.8) is 0 Å². The molecule has 0 saturated carbocycles. The normalized spacial score (nSPS) is 10.5. The smallest absolute Gasteiger partial charge is 0.221 e. The molecule has 0 saturated heterocycles. The highest BCUT2D eigenvalue weighted by Crippen LogP contribution is 2.15. The molecule has 0 unspecified atom stereocenters. The molecule has 2 rings (SSSR count). The number of aliphatic hydroxyl groups excluding tert-OH is 1. The molecule has 0 bridgehead atoms. The topological polar surface area (TPSA) is 49.3 Å². The van der Waals surface area contributed by atoms with E-state index in [1.54, 1.807) is 11.8 Å². The molecule has 1 amide bonds. The summed E-state index contributed by atoms with van der Waals surface area (Å²) in [4.78, 5) is 11.8. The number of halogens is 1. The second-order valence-electron chi connectivity index (χ2n) is 5.15. The Kier molecular flexibility index (Phi) is 7.46. The molecule has 23 heavy (non-hydrogen) atoms. The van der Waals surface area contributed by atoms with Gasteiger partial charge in [0.2, 0.25) is 5.91 Å². The molecule has 2 aromatic carbocycles. The highest BCUT2D eigenvalue weighted by atomic mass is 35.5. The zero-order chi connectivity index (χ0) is 16.5. The standard InChI is InChI=1S/C18H20ClNO2S/c19-17-4-2-1-3-16(17)11-20-18(22)9-10-23-13-15-7-5-14(12-21)6-8-15/h1-8,21H,9-13H2,(H,20,22). The van der Waals surface area contributed by atoms with Crippen molar-refractivity contribution >= 4 is 29.3 Å². The molecule has 3 nitrogen and oxygen atoms in total. The summed E-state index contributed by atoms with van der Waals surface area (Å²) >= 11 is 7.78. The van der Waals surface area contributed by atoms with Crippen molar-refractivity contribution in [2.45, 2.75) is 25.3 Å². The Morgan fingerprint density at radius 3 is 2.48 bits per heavy atom. The van der Waals surface area contributed by atoms with E-state index in [-0.39, 0.29) is 12.5 Å². The van der Waals surface area contributed by atoms with Crippen molar-refractivity contribution in [1.82, 2.24) is 5.32 Å². The van der Waals surface area contributed by atoms with Gasteiger partial charge in [-0.15, -0.1) is 0 Å². The van der Waals surface area contributed by atoms with Crippen LogP contribution in [-0.2, 0) is 23.7 Å². The predicted molar refractivity (Wildman–Crippen MR) is 96.4 cm³/mol. The van der Waals surface area contributed by atoms with Gasteiger partial charge in [-0.05, 0) is 22.8 Å². The van der Waals surface area contributed by atoms with Crippen LogP contribution in [0.3, 0.4) is 0 Å². The third-order valence-electron chi connectivity index (χ3n) is 3.38. The molecule has 2 aromatic rings. The van der Waals surface area contributed by atoms with Gasteiger partial charge in [-0.2, -0.15) is 11.8 Å². The zero-order valence-corrected chi connectivity index (χ0v) is 14.4. The maximum absolute atomic E-state index is 11.8. The first-order valence-corrected chi connectivity index (χ1v) is 8.99. The van der Waals surface area contributed by atoms with Crippen molar-refractivity contribution < 1.29 is 9.90 Å². The molecule has 0 aliphatic carbocycles. The van der Waals surface area contributed by atoms with E-state index in [0.29, 0.717) is 18.0 Å². The fourth-order valence-electron chi connectivity index (χ4n) is 2.02. The molecule has 0 aliphatic heterocycles. The zero-order valence-electron chi connectivity index (χ0n) is 12.8. The molecular weight excluding hydrogens is 330 g/mol. The molecular formula is C18H20ClNO2S. The van der Waals surface area contributed by atoms with Crippen LogP contribution in [0, 0.1) is 0 Å². The first kappa shape index (κ1) is 17.9. The molecule has 0 radical (unpaired) electrons. The van der Waals surface area contributed by atoms with Crippen molar-refractivity contribution in [2.24, 2.45) is 0 Å². The molecule has 0 atom stereocenters.